The van der Waals surface area contributed by atoms with Gasteiger partial charge in [0, 0.05) is 45.3 Å². The molecule has 1 aromatic rings. The van der Waals surface area contributed by atoms with E-state index in [4.69, 9.17) is 0 Å². The van der Waals surface area contributed by atoms with E-state index in [0.717, 1.165) is 38.2 Å². The molecule has 0 saturated carbocycles. The molecule has 2 aliphatic rings. The summed E-state index contributed by atoms with van der Waals surface area (Å²) in [5.74, 6) is 0. The smallest absolute Gasteiger partial charge is 0.243 e. The fourth-order valence-electron chi connectivity index (χ4n) is 3.55. The van der Waals surface area contributed by atoms with E-state index in [-0.39, 0.29) is 5.41 Å². The van der Waals surface area contributed by atoms with Crippen LogP contribution in [0.15, 0.2) is 29.2 Å². The van der Waals surface area contributed by atoms with E-state index in [1.165, 1.54) is 0 Å². The Morgan fingerprint density at radius 1 is 1.04 bits per heavy atom. The molecule has 1 N–H and O–H groups in total. The fraction of sp³-hybridized carbons (Fsp3) is 0.667. The van der Waals surface area contributed by atoms with Gasteiger partial charge < -0.3 is 5.32 Å². The van der Waals surface area contributed by atoms with Crippen molar-refractivity contribution >= 4 is 10.0 Å². The first-order valence-electron chi connectivity index (χ1n) is 8.84. The summed E-state index contributed by atoms with van der Waals surface area (Å²) in [5, 5.41) is 3.35. The van der Waals surface area contributed by atoms with Gasteiger partial charge >= 0.3 is 0 Å². The van der Waals surface area contributed by atoms with Crippen LogP contribution in [0.2, 0.25) is 0 Å². The largest absolute Gasteiger partial charge is 0.314 e. The predicted molar refractivity (Wildman–Crippen MR) is 96.7 cm³/mol. The van der Waals surface area contributed by atoms with Crippen LogP contribution in [0.25, 0.3) is 0 Å². The Morgan fingerprint density at radius 3 is 2.25 bits per heavy atom. The third-order valence-electron chi connectivity index (χ3n) is 5.15. The summed E-state index contributed by atoms with van der Waals surface area (Å²) in [4.78, 5) is 2.84. The van der Waals surface area contributed by atoms with Crippen LogP contribution >= 0.6 is 0 Å². The zero-order chi connectivity index (χ0) is 17.4. The summed E-state index contributed by atoms with van der Waals surface area (Å²) in [6, 6.07) is 7.76. The minimum Gasteiger partial charge on any atom is -0.314 e. The van der Waals surface area contributed by atoms with Crippen LogP contribution in [0.4, 0.5) is 0 Å². The van der Waals surface area contributed by atoms with Crippen molar-refractivity contribution in [1.29, 1.82) is 0 Å². The van der Waals surface area contributed by atoms with Gasteiger partial charge in [-0.15, -0.1) is 0 Å². The predicted octanol–water partition coefficient (Wildman–Crippen LogP) is 1.65. The molecular weight excluding hydrogens is 322 g/mol. The number of nitrogens with zero attached hydrogens (tertiary/aromatic N) is 2. The van der Waals surface area contributed by atoms with Crippen molar-refractivity contribution in [2.24, 2.45) is 0 Å². The number of hydrogen-bond donors (Lipinski definition) is 1. The minimum absolute atomic E-state index is 0.0311. The summed E-state index contributed by atoms with van der Waals surface area (Å²) in [5.41, 5.74) is 1.19. The Labute approximate surface area is 146 Å². The van der Waals surface area contributed by atoms with Crippen LogP contribution in [0.1, 0.15) is 32.8 Å². The standard InChI is InChI=1S/C18H29N3O2S/c1-18(2,3)15-4-6-17(7-5-15)24(22,23)21-11-8-16(14-21)20-12-9-19-10-13-20/h4-7,16,19H,8-14H2,1-3H3. The van der Waals surface area contributed by atoms with Crippen molar-refractivity contribution in [2.75, 3.05) is 39.3 Å². The maximum Gasteiger partial charge on any atom is 0.243 e. The van der Waals surface area contributed by atoms with Gasteiger partial charge in [0.15, 0.2) is 0 Å². The lowest BCUT2D eigenvalue weighted by atomic mass is 9.87. The molecule has 0 radical (unpaired) electrons. The van der Waals surface area contributed by atoms with Gasteiger partial charge in [0.05, 0.1) is 4.90 Å². The monoisotopic (exact) mass is 351 g/mol. The van der Waals surface area contributed by atoms with Crippen molar-refractivity contribution < 1.29 is 8.42 Å². The zero-order valence-corrected chi connectivity index (χ0v) is 15.8. The summed E-state index contributed by atoms with van der Waals surface area (Å²) < 4.78 is 27.5. The molecule has 1 unspecified atom stereocenters. The first-order chi connectivity index (χ1) is 11.3. The average Bonchev–Trinajstić information content (AvgIpc) is 3.06. The third-order valence-corrected chi connectivity index (χ3v) is 7.03. The van der Waals surface area contributed by atoms with Gasteiger partial charge in [-0.05, 0) is 29.5 Å². The van der Waals surface area contributed by atoms with Gasteiger partial charge in [0.2, 0.25) is 10.0 Å². The fourth-order valence-corrected chi connectivity index (χ4v) is 5.04. The lowest BCUT2D eigenvalue weighted by molar-refractivity contribution is 0.179. The second-order valence-electron chi connectivity index (χ2n) is 7.87. The highest BCUT2D eigenvalue weighted by Crippen LogP contribution is 2.27. The van der Waals surface area contributed by atoms with Crippen LogP contribution in [0.3, 0.4) is 0 Å². The van der Waals surface area contributed by atoms with Crippen molar-refractivity contribution in [1.82, 2.24) is 14.5 Å². The van der Waals surface area contributed by atoms with E-state index in [1.807, 2.05) is 12.1 Å². The third kappa shape index (κ3) is 3.67. The molecular formula is C18H29N3O2S. The van der Waals surface area contributed by atoms with Crippen LogP contribution in [-0.2, 0) is 15.4 Å². The van der Waals surface area contributed by atoms with E-state index < -0.39 is 10.0 Å². The molecule has 0 bridgehead atoms. The van der Waals surface area contributed by atoms with Crippen molar-refractivity contribution in [3.8, 4) is 0 Å². The molecule has 2 aliphatic heterocycles. The summed E-state index contributed by atoms with van der Waals surface area (Å²) in [6.07, 6.45) is 0.930. The van der Waals surface area contributed by atoms with Crippen molar-refractivity contribution in [3.63, 3.8) is 0 Å². The molecule has 0 aliphatic carbocycles. The first-order valence-corrected chi connectivity index (χ1v) is 10.3. The van der Waals surface area contributed by atoms with E-state index in [1.54, 1.807) is 16.4 Å². The molecule has 1 atom stereocenters. The molecule has 2 fully saturated rings. The molecule has 6 heteroatoms. The summed E-state index contributed by atoms with van der Waals surface area (Å²) >= 11 is 0. The number of piperazine rings is 1. The molecule has 1 aromatic carbocycles. The molecule has 2 heterocycles. The Kier molecular flexibility index (Phi) is 5.02. The lowest BCUT2D eigenvalue weighted by Crippen LogP contribution is -2.49. The molecule has 0 aromatic heterocycles. The van der Waals surface area contributed by atoms with Gasteiger partial charge in [-0.2, -0.15) is 4.31 Å². The van der Waals surface area contributed by atoms with Gasteiger partial charge in [-0.25, -0.2) is 8.42 Å². The topological polar surface area (TPSA) is 52.7 Å². The highest BCUT2D eigenvalue weighted by Gasteiger charge is 2.35. The number of nitrogens with one attached hydrogen (secondary N) is 1. The molecule has 5 nitrogen and oxygen atoms in total. The zero-order valence-electron chi connectivity index (χ0n) is 15.0. The number of rotatable bonds is 3. The van der Waals surface area contributed by atoms with Gasteiger partial charge in [0.1, 0.15) is 0 Å². The number of hydrogen-bond acceptors (Lipinski definition) is 4. The number of benzene rings is 1. The molecule has 24 heavy (non-hydrogen) atoms. The van der Waals surface area contributed by atoms with Crippen LogP contribution in [0.5, 0.6) is 0 Å². The summed E-state index contributed by atoms with van der Waals surface area (Å²) in [6.45, 7) is 11.7. The Hall–Kier alpha value is -0.950. The van der Waals surface area contributed by atoms with E-state index >= 15 is 0 Å². The molecule has 2 saturated heterocycles. The normalized spacial score (nSPS) is 24.4. The van der Waals surface area contributed by atoms with E-state index in [0.29, 0.717) is 24.0 Å². The average molecular weight is 352 g/mol. The van der Waals surface area contributed by atoms with Gasteiger partial charge in [-0.3, -0.25) is 4.90 Å². The summed E-state index contributed by atoms with van der Waals surface area (Å²) in [7, 11) is -3.38. The SMILES string of the molecule is CC(C)(C)c1ccc(S(=O)(=O)N2CCC(N3CCNCC3)C2)cc1. The highest BCUT2D eigenvalue weighted by molar-refractivity contribution is 7.89. The van der Waals surface area contributed by atoms with Gasteiger partial charge in [0.25, 0.3) is 0 Å². The maximum atomic E-state index is 12.9. The molecule has 134 valence electrons. The molecule has 0 amide bonds. The van der Waals surface area contributed by atoms with Crippen LogP contribution < -0.4 is 5.32 Å². The molecule has 0 spiro atoms. The van der Waals surface area contributed by atoms with Crippen LogP contribution in [0, 0.1) is 0 Å². The van der Waals surface area contributed by atoms with Crippen LogP contribution in [-0.4, -0.2) is 62.9 Å². The van der Waals surface area contributed by atoms with E-state index in [9.17, 15) is 8.42 Å². The van der Waals surface area contributed by atoms with Crippen molar-refractivity contribution in [2.45, 2.75) is 43.5 Å². The highest BCUT2D eigenvalue weighted by atomic mass is 32.2. The quantitative estimate of drug-likeness (QED) is 0.900. The Bertz CT molecular complexity index is 658. The second kappa shape index (κ2) is 6.75. The van der Waals surface area contributed by atoms with E-state index in [2.05, 4.69) is 31.0 Å². The Morgan fingerprint density at radius 2 is 1.67 bits per heavy atom. The second-order valence-corrected chi connectivity index (χ2v) is 9.80. The Balaban J connectivity index is 1.71. The van der Waals surface area contributed by atoms with Crippen molar-refractivity contribution in [3.05, 3.63) is 29.8 Å². The van der Waals surface area contributed by atoms with Gasteiger partial charge in [-0.1, -0.05) is 32.9 Å². The lowest BCUT2D eigenvalue weighted by Gasteiger charge is -2.32. The number of sulfonamides is 1. The first kappa shape index (κ1) is 17.9. The molecule has 3 rings (SSSR count). The maximum absolute atomic E-state index is 12.9. The minimum atomic E-state index is -3.38.